The summed E-state index contributed by atoms with van der Waals surface area (Å²) < 4.78 is 16.9. The van der Waals surface area contributed by atoms with Gasteiger partial charge in [0, 0.05) is 12.6 Å². The summed E-state index contributed by atoms with van der Waals surface area (Å²) in [7, 11) is 1.65. The molecule has 2 aliphatic heterocycles. The van der Waals surface area contributed by atoms with Crippen LogP contribution in [0.15, 0.2) is 18.2 Å². The van der Waals surface area contributed by atoms with Crippen LogP contribution in [0.4, 0.5) is 0 Å². The van der Waals surface area contributed by atoms with E-state index < -0.39 is 0 Å². The molecule has 4 rings (SSSR count). The molecule has 0 bridgehead atoms. The van der Waals surface area contributed by atoms with Crippen LogP contribution in [0.25, 0.3) is 0 Å². The summed E-state index contributed by atoms with van der Waals surface area (Å²) in [5.74, 6) is 1.77. The van der Waals surface area contributed by atoms with E-state index in [2.05, 4.69) is 4.90 Å². The van der Waals surface area contributed by atoms with Gasteiger partial charge in [0.2, 0.25) is 5.91 Å². The maximum atomic E-state index is 13.0. The number of benzene rings is 1. The number of morpholine rings is 1. The van der Waals surface area contributed by atoms with Gasteiger partial charge in [-0.25, -0.2) is 0 Å². The van der Waals surface area contributed by atoms with Crippen LogP contribution in [0.1, 0.15) is 24.8 Å². The van der Waals surface area contributed by atoms with Gasteiger partial charge in [0.1, 0.15) is 18.1 Å². The van der Waals surface area contributed by atoms with Crippen molar-refractivity contribution >= 4 is 5.91 Å². The standard InChI is InChI=1S/C18H23NO4/c1-21-14-6-5-12-9-13(11-23-17(12)10-14)18(20)19-7-8-22-16-4-2-3-15(16)19/h5-6,10,13,15-16H,2-4,7-9,11H2,1H3/t13-,15+,16+/m1/s1. The Balaban J connectivity index is 1.49. The number of fused-ring (bicyclic) bond motifs is 2. The van der Waals surface area contributed by atoms with Crippen LogP contribution < -0.4 is 9.47 Å². The topological polar surface area (TPSA) is 48.0 Å². The van der Waals surface area contributed by atoms with Crippen molar-refractivity contribution < 1.29 is 19.0 Å². The Hall–Kier alpha value is -1.75. The maximum absolute atomic E-state index is 13.0. The third kappa shape index (κ3) is 2.67. The summed E-state index contributed by atoms with van der Waals surface area (Å²) in [5, 5.41) is 0. The highest BCUT2D eigenvalue weighted by atomic mass is 16.5. The van der Waals surface area contributed by atoms with E-state index in [0.29, 0.717) is 19.8 Å². The van der Waals surface area contributed by atoms with Gasteiger partial charge in [-0.05, 0) is 37.3 Å². The van der Waals surface area contributed by atoms with Gasteiger partial charge in [0.25, 0.3) is 0 Å². The van der Waals surface area contributed by atoms with Gasteiger partial charge in [0.05, 0.1) is 31.8 Å². The third-order valence-corrected chi connectivity index (χ3v) is 5.30. The predicted molar refractivity (Wildman–Crippen MR) is 84.8 cm³/mol. The van der Waals surface area contributed by atoms with Crippen molar-refractivity contribution in [2.45, 2.75) is 37.8 Å². The van der Waals surface area contributed by atoms with E-state index in [-0.39, 0.29) is 24.0 Å². The fourth-order valence-electron chi connectivity index (χ4n) is 4.07. The van der Waals surface area contributed by atoms with Crippen LogP contribution in [0.3, 0.4) is 0 Å². The summed E-state index contributed by atoms with van der Waals surface area (Å²) in [6.07, 6.45) is 4.29. The summed E-state index contributed by atoms with van der Waals surface area (Å²) >= 11 is 0. The predicted octanol–water partition coefficient (Wildman–Crippen LogP) is 2.03. The van der Waals surface area contributed by atoms with Gasteiger partial charge in [-0.3, -0.25) is 4.79 Å². The minimum Gasteiger partial charge on any atom is -0.497 e. The Morgan fingerprint density at radius 1 is 1.35 bits per heavy atom. The second kappa shape index (κ2) is 6.04. The fraction of sp³-hybridized carbons (Fsp3) is 0.611. The Labute approximate surface area is 136 Å². The van der Waals surface area contributed by atoms with E-state index in [1.165, 1.54) is 0 Å². The SMILES string of the molecule is COc1ccc2c(c1)OC[C@H](C(=O)N1CCO[C@H]3CCC[C@@H]31)C2. The molecule has 0 radical (unpaired) electrons. The molecule has 1 saturated heterocycles. The van der Waals surface area contributed by atoms with Crippen LogP contribution in [-0.4, -0.2) is 49.8 Å². The molecule has 3 atom stereocenters. The Bertz CT molecular complexity index is 603. The first kappa shape index (κ1) is 14.8. The average molecular weight is 317 g/mol. The van der Waals surface area contributed by atoms with Crippen molar-refractivity contribution in [2.24, 2.45) is 5.92 Å². The normalized spacial score (nSPS) is 29.4. The van der Waals surface area contributed by atoms with Gasteiger partial charge in [-0.1, -0.05) is 6.07 Å². The molecule has 2 heterocycles. The molecule has 1 saturated carbocycles. The Morgan fingerprint density at radius 2 is 2.26 bits per heavy atom. The number of rotatable bonds is 2. The first-order chi connectivity index (χ1) is 11.3. The van der Waals surface area contributed by atoms with Crippen LogP contribution in [0.2, 0.25) is 0 Å². The van der Waals surface area contributed by atoms with Crippen molar-refractivity contribution in [3.8, 4) is 11.5 Å². The lowest BCUT2D eigenvalue weighted by Crippen LogP contribution is -2.54. The summed E-state index contributed by atoms with van der Waals surface area (Å²) in [5.41, 5.74) is 1.09. The molecule has 124 valence electrons. The molecular formula is C18H23NO4. The van der Waals surface area contributed by atoms with E-state index >= 15 is 0 Å². The molecule has 3 aliphatic rings. The van der Waals surface area contributed by atoms with E-state index in [9.17, 15) is 4.79 Å². The number of carbonyl (C=O) groups is 1. The van der Waals surface area contributed by atoms with Crippen LogP contribution in [-0.2, 0) is 16.0 Å². The van der Waals surface area contributed by atoms with E-state index in [4.69, 9.17) is 14.2 Å². The smallest absolute Gasteiger partial charge is 0.229 e. The first-order valence-corrected chi connectivity index (χ1v) is 8.48. The van der Waals surface area contributed by atoms with Gasteiger partial charge in [-0.2, -0.15) is 0 Å². The molecule has 0 unspecified atom stereocenters. The number of hydrogen-bond donors (Lipinski definition) is 0. The van der Waals surface area contributed by atoms with Crippen molar-refractivity contribution in [3.05, 3.63) is 23.8 Å². The second-order valence-corrected chi connectivity index (χ2v) is 6.62. The minimum absolute atomic E-state index is 0.0877. The van der Waals surface area contributed by atoms with Gasteiger partial charge in [-0.15, -0.1) is 0 Å². The monoisotopic (exact) mass is 317 g/mol. The number of carbonyl (C=O) groups excluding carboxylic acids is 1. The molecule has 0 N–H and O–H groups in total. The zero-order chi connectivity index (χ0) is 15.8. The zero-order valence-corrected chi connectivity index (χ0v) is 13.5. The Morgan fingerprint density at radius 3 is 3.13 bits per heavy atom. The van der Waals surface area contributed by atoms with Crippen molar-refractivity contribution in [2.75, 3.05) is 26.9 Å². The Kier molecular flexibility index (Phi) is 3.89. The zero-order valence-electron chi connectivity index (χ0n) is 13.5. The first-order valence-electron chi connectivity index (χ1n) is 8.48. The number of methoxy groups -OCH3 is 1. The van der Waals surface area contributed by atoms with Crippen LogP contribution in [0.5, 0.6) is 11.5 Å². The summed E-state index contributed by atoms with van der Waals surface area (Å²) in [4.78, 5) is 15.1. The largest absolute Gasteiger partial charge is 0.497 e. The van der Waals surface area contributed by atoms with E-state index in [0.717, 1.165) is 42.7 Å². The van der Waals surface area contributed by atoms with Crippen LogP contribution in [0, 0.1) is 5.92 Å². The van der Waals surface area contributed by atoms with E-state index in [1.807, 2.05) is 18.2 Å². The molecule has 0 aromatic heterocycles. The molecular weight excluding hydrogens is 294 g/mol. The average Bonchev–Trinajstić information content (AvgIpc) is 3.08. The van der Waals surface area contributed by atoms with Gasteiger partial charge >= 0.3 is 0 Å². The highest BCUT2D eigenvalue weighted by Gasteiger charge is 2.41. The molecule has 5 nitrogen and oxygen atoms in total. The highest BCUT2D eigenvalue weighted by molar-refractivity contribution is 5.80. The lowest BCUT2D eigenvalue weighted by atomic mass is 9.94. The number of hydrogen-bond acceptors (Lipinski definition) is 4. The fourth-order valence-corrected chi connectivity index (χ4v) is 4.07. The van der Waals surface area contributed by atoms with Crippen LogP contribution >= 0.6 is 0 Å². The van der Waals surface area contributed by atoms with Crippen molar-refractivity contribution in [3.63, 3.8) is 0 Å². The number of ether oxygens (including phenoxy) is 3. The lowest BCUT2D eigenvalue weighted by Gasteiger charge is -2.40. The van der Waals surface area contributed by atoms with Gasteiger partial charge < -0.3 is 19.1 Å². The summed E-state index contributed by atoms with van der Waals surface area (Å²) in [6.45, 7) is 1.83. The third-order valence-electron chi connectivity index (χ3n) is 5.30. The second-order valence-electron chi connectivity index (χ2n) is 6.62. The molecule has 2 fully saturated rings. The number of nitrogens with zero attached hydrogens (tertiary/aromatic N) is 1. The molecule has 0 spiro atoms. The molecule has 1 amide bonds. The van der Waals surface area contributed by atoms with E-state index in [1.54, 1.807) is 7.11 Å². The highest BCUT2D eigenvalue weighted by Crippen LogP contribution is 2.34. The molecule has 1 aromatic carbocycles. The summed E-state index contributed by atoms with van der Waals surface area (Å²) in [6, 6.07) is 6.10. The van der Waals surface area contributed by atoms with Crippen molar-refractivity contribution in [1.82, 2.24) is 4.90 Å². The minimum atomic E-state index is -0.0877. The number of amides is 1. The molecule has 23 heavy (non-hydrogen) atoms. The van der Waals surface area contributed by atoms with Crippen molar-refractivity contribution in [1.29, 1.82) is 0 Å². The molecule has 1 aromatic rings. The molecule has 5 heteroatoms. The maximum Gasteiger partial charge on any atom is 0.229 e. The quantitative estimate of drug-likeness (QED) is 0.837. The lowest BCUT2D eigenvalue weighted by molar-refractivity contribution is -0.149. The molecule has 1 aliphatic carbocycles. The van der Waals surface area contributed by atoms with Gasteiger partial charge in [0.15, 0.2) is 0 Å².